The molecule has 0 aromatic heterocycles. The van der Waals surface area contributed by atoms with E-state index in [1.165, 1.54) is 38.5 Å². The quantitative estimate of drug-likeness (QED) is 0.424. The minimum Gasteiger partial charge on any atom is -0.497 e. The van der Waals surface area contributed by atoms with Crippen molar-refractivity contribution in [2.24, 2.45) is 0 Å². The van der Waals surface area contributed by atoms with Crippen LogP contribution < -0.4 is 10.1 Å². The van der Waals surface area contributed by atoms with Gasteiger partial charge in [-0.15, -0.1) is 0 Å². The van der Waals surface area contributed by atoms with Gasteiger partial charge in [-0.3, -0.25) is 14.7 Å². The second kappa shape index (κ2) is 8.11. The van der Waals surface area contributed by atoms with Crippen molar-refractivity contribution in [3.63, 3.8) is 0 Å². The SMILES string of the molecule is COc1ccc(C(Nc2ccc([N+](=O)[O-])cc2)P(=O)(OC)OC)cc1. The second-order valence-corrected chi connectivity index (χ2v) is 7.36. The maximum absolute atomic E-state index is 12.9. The molecule has 0 spiro atoms. The van der Waals surface area contributed by atoms with E-state index in [0.29, 0.717) is 17.0 Å². The molecular formula is C16H19N2O6P. The lowest BCUT2D eigenvalue weighted by molar-refractivity contribution is -0.384. The molecule has 0 fully saturated rings. The summed E-state index contributed by atoms with van der Waals surface area (Å²) in [5, 5.41) is 13.8. The first kappa shape index (κ1) is 18.9. The Morgan fingerprint density at radius 3 is 2.00 bits per heavy atom. The fourth-order valence-corrected chi connectivity index (χ4v) is 3.67. The van der Waals surface area contributed by atoms with Crippen LogP contribution in [-0.2, 0) is 13.6 Å². The molecule has 8 nitrogen and oxygen atoms in total. The molecule has 134 valence electrons. The summed E-state index contributed by atoms with van der Waals surface area (Å²) in [4.78, 5) is 10.3. The molecule has 0 bridgehead atoms. The van der Waals surface area contributed by atoms with Gasteiger partial charge in [0, 0.05) is 32.0 Å². The average molecular weight is 366 g/mol. The van der Waals surface area contributed by atoms with Gasteiger partial charge < -0.3 is 19.1 Å². The number of hydrogen-bond acceptors (Lipinski definition) is 7. The normalized spacial score (nSPS) is 12.4. The lowest BCUT2D eigenvalue weighted by Gasteiger charge is -2.26. The minimum absolute atomic E-state index is 0.0341. The van der Waals surface area contributed by atoms with Crippen molar-refractivity contribution in [3.05, 3.63) is 64.2 Å². The van der Waals surface area contributed by atoms with E-state index in [9.17, 15) is 14.7 Å². The van der Waals surface area contributed by atoms with Gasteiger partial charge in [-0.2, -0.15) is 0 Å². The van der Waals surface area contributed by atoms with Crippen LogP contribution in [0.15, 0.2) is 48.5 Å². The smallest absolute Gasteiger partial charge is 0.356 e. The summed E-state index contributed by atoms with van der Waals surface area (Å²) in [7, 11) is 0.641. The molecule has 1 unspecified atom stereocenters. The number of nitro benzene ring substituents is 1. The van der Waals surface area contributed by atoms with Gasteiger partial charge in [-0.25, -0.2) is 0 Å². The number of non-ortho nitro benzene ring substituents is 1. The molecule has 2 aromatic carbocycles. The second-order valence-electron chi connectivity index (χ2n) is 5.03. The Hall–Kier alpha value is -2.41. The third-order valence-electron chi connectivity index (χ3n) is 3.64. The van der Waals surface area contributed by atoms with Gasteiger partial charge in [-0.1, -0.05) is 12.1 Å². The third-order valence-corrected chi connectivity index (χ3v) is 5.72. The predicted octanol–water partition coefficient (Wildman–Crippen LogP) is 4.20. The number of ether oxygens (including phenoxy) is 1. The molecule has 0 amide bonds. The Bertz CT molecular complexity index is 755. The largest absolute Gasteiger partial charge is 0.497 e. The first-order valence-electron chi connectivity index (χ1n) is 7.29. The van der Waals surface area contributed by atoms with Crippen molar-refractivity contribution >= 4 is 19.0 Å². The first-order valence-corrected chi connectivity index (χ1v) is 8.91. The number of hydrogen-bond donors (Lipinski definition) is 1. The summed E-state index contributed by atoms with van der Waals surface area (Å²) in [6.07, 6.45) is 0. The highest BCUT2D eigenvalue weighted by Crippen LogP contribution is 2.59. The highest BCUT2D eigenvalue weighted by Gasteiger charge is 2.35. The average Bonchev–Trinajstić information content (AvgIpc) is 2.66. The van der Waals surface area contributed by atoms with E-state index < -0.39 is 18.3 Å². The zero-order valence-electron chi connectivity index (χ0n) is 14.0. The Kier molecular flexibility index (Phi) is 6.14. The number of methoxy groups -OCH3 is 1. The molecule has 0 saturated carbocycles. The lowest BCUT2D eigenvalue weighted by atomic mass is 10.2. The summed E-state index contributed by atoms with van der Waals surface area (Å²) in [5.41, 5.74) is 1.17. The summed E-state index contributed by atoms with van der Waals surface area (Å²) < 4.78 is 28.3. The fraction of sp³-hybridized carbons (Fsp3) is 0.250. The highest BCUT2D eigenvalue weighted by atomic mass is 31.2. The van der Waals surface area contributed by atoms with Crippen molar-refractivity contribution in [1.29, 1.82) is 0 Å². The predicted molar refractivity (Wildman–Crippen MR) is 94.1 cm³/mol. The summed E-state index contributed by atoms with van der Waals surface area (Å²) in [6, 6.07) is 12.7. The Labute approximate surface area is 145 Å². The van der Waals surface area contributed by atoms with Gasteiger partial charge in [0.15, 0.2) is 5.78 Å². The van der Waals surface area contributed by atoms with E-state index >= 15 is 0 Å². The standard InChI is InChI=1S/C16H19N2O6P/c1-22-15-10-4-12(5-11-15)16(25(21,23-2)24-3)17-13-6-8-14(9-7-13)18(19)20/h4-11,16-17H,1-3H3. The number of anilines is 1. The molecule has 1 atom stereocenters. The van der Waals surface area contributed by atoms with Crippen LogP contribution in [0.5, 0.6) is 5.75 Å². The third kappa shape index (κ3) is 4.36. The summed E-state index contributed by atoms with van der Waals surface area (Å²) in [6.45, 7) is 0. The Morgan fingerprint density at radius 2 is 1.56 bits per heavy atom. The van der Waals surface area contributed by atoms with Gasteiger partial charge in [0.05, 0.1) is 12.0 Å². The number of rotatable bonds is 8. The van der Waals surface area contributed by atoms with Crippen molar-refractivity contribution in [1.82, 2.24) is 0 Å². The van der Waals surface area contributed by atoms with Crippen molar-refractivity contribution in [3.8, 4) is 5.75 Å². The van der Waals surface area contributed by atoms with Crippen LogP contribution in [0.1, 0.15) is 11.3 Å². The monoisotopic (exact) mass is 366 g/mol. The van der Waals surface area contributed by atoms with Crippen molar-refractivity contribution in [2.75, 3.05) is 26.6 Å². The molecule has 0 aliphatic rings. The van der Waals surface area contributed by atoms with Crippen LogP contribution in [-0.4, -0.2) is 26.3 Å². The fourth-order valence-electron chi connectivity index (χ4n) is 2.25. The Morgan fingerprint density at radius 1 is 1.00 bits per heavy atom. The van der Waals surface area contributed by atoms with Gasteiger partial charge in [-0.05, 0) is 29.8 Å². The zero-order valence-corrected chi connectivity index (χ0v) is 14.9. The molecule has 0 heterocycles. The molecule has 9 heteroatoms. The first-order chi connectivity index (χ1) is 11.9. The highest BCUT2D eigenvalue weighted by molar-refractivity contribution is 7.54. The molecule has 2 aromatic rings. The van der Waals surface area contributed by atoms with Gasteiger partial charge >= 0.3 is 7.60 Å². The zero-order chi connectivity index (χ0) is 18.4. The molecule has 2 rings (SSSR count). The summed E-state index contributed by atoms with van der Waals surface area (Å²) in [5.74, 6) is -0.141. The number of nitro groups is 1. The minimum atomic E-state index is -3.52. The van der Waals surface area contributed by atoms with E-state index in [2.05, 4.69) is 5.32 Å². The Balaban J connectivity index is 2.37. The molecule has 0 radical (unpaired) electrons. The van der Waals surface area contributed by atoms with Crippen LogP contribution in [0.2, 0.25) is 0 Å². The topological polar surface area (TPSA) is 99.9 Å². The van der Waals surface area contributed by atoms with E-state index in [-0.39, 0.29) is 5.69 Å². The van der Waals surface area contributed by atoms with Gasteiger partial charge in [0.2, 0.25) is 0 Å². The van der Waals surface area contributed by atoms with Gasteiger partial charge in [0.25, 0.3) is 5.69 Å². The molecule has 0 saturated heterocycles. The van der Waals surface area contributed by atoms with E-state index in [1.807, 2.05) is 0 Å². The van der Waals surface area contributed by atoms with Gasteiger partial charge in [0.1, 0.15) is 5.75 Å². The van der Waals surface area contributed by atoms with Crippen molar-refractivity contribution in [2.45, 2.75) is 5.78 Å². The van der Waals surface area contributed by atoms with Crippen molar-refractivity contribution < 1.29 is 23.3 Å². The number of nitrogens with one attached hydrogen (secondary N) is 1. The molecule has 0 aliphatic heterocycles. The maximum atomic E-state index is 12.9. The lowest BCUT2D eigenvalue weighted by Crippen LogP contribution is -2.13. The van der Waals surface area contributed by atoms with E-state index in [1.54, 1.807) is 31.4 Å². The van der Waals surface area contributed by atoms with Crippen LogP contribution in [0.25, 0.3) is 0 Å². The van der Waals surface area contributed by atoms with E-state index in [0.717, 1.165) is 0 Å². The van der Waals surface area contributed by atoms with Crippen LogP contribution in [0, 0.1) is 10.1 Å². The number of nitrogens with zero attached hydrogens (tertiary/aromatic N) is 1. The molecule has 0 aliphatic carbocycles. The summed E-state index contributed by atoms with van der Waals surface area (Å²) >= 11 is 0. The van der Waals surface area contributed by atoms with Crippen LogP contribution >= 0.6 is 7.60 Å². The van der Waals surface area contributed by atoms with Crippen LogP contribution in [0.3, 0.4) is 0 Å². The maximum Gasteiger partial charge on any atom is 0.356 e. The van der Waals surface area contributed by atoms with Crippen LogP contribution in [0.4, 0.5) is 11.4 Å². The van der Waals surface area contributed by atoms with E-state index in [4.69, 9.17) is 13.8 Å². The molecule has 25 heavy (non-hydrogen) atoms. The molecular weight excluding hydrogens is 347 g/mol. The molecule has 1 N–H and O–H groups in total. The number of benzene rings is 2.